The predicted octanol–water partition coefficient (Wildman–Crippen LogP) is -1.57. The Morgan fingerprint density at radius 2 is 1.10 bits per heavy atom. The fourth-order valence-corrected chi connectivity index (χ4v) is 2.21. The zero-order valence-corrected chi connectivity index (χ0v) is 13.0. The van der Waals surface area contributed by atoms with E-state index in [1.54, 1.807) is 0 Å². The van der Waals surface area contributed by atoms with Crippen LogP contribution in [-0.2, 0) is 20.2 Å². The lowest BCUT2D eigenvalue weighted by Gasteiger charge is -1.97. The molecule has 0 spiro atoms. The lowest BCUT2D eigenvalue weighted by atomic mass is 10.3. The van der Waals surface area contributed by atoms with E-state index in [4.69, 9.17) is 20.6 Å². The first-order valence-corrected chi connectivity index (χ1v) is 9.35. The number of nitrogens with two attached hydrogens (primary N) is 2. The molecule has 20 heavy (non-hydrogen) atoms. The summed E-state index contributed by atoms with van der Waals surface area (Å²) < 4.78 is 57.3. The van der Waals surface area contributed by atoms with Crippen LogP contribution >= 0.6 is 0 Å². The third-order valence-corrected chi connectivity index (χ3v) is 3.56. The van der Waals surface area contributed by atoms with Gasteiger partial charge in [-0.2, -0.15) is 16.8 Å². The van der Waals surface area contributed by atoms with E-state index in [0.717, 1.165) is 13.1 Å². The Bertz CT molecular complexity index is 371. The smallest absolute Gasteiger partial charge is 0.264 e. The molecular weight excluding hydrogens is 310 g/mol. The van der Waals surface area contributed by atoms with Crippen molar-refractivity contribution in [2.75, 3.05) is 37.7 Å². The van der Waals surface area contributed by atoms with Crippen LogP contribution in [0.3, 0.4) is 0 Å². The Morgan fingerprint density at radius 1 is 0.750 bits per heavy atom. The second-order valence-electron chi connectivity index (χ2n) is 3.96. The van der Waals surface area contributed by atoms with Crippen LogP contribution in [0, 0.1) is 0 Å². The molecule has 0 unspecified atom stereocenters. The summed E-state index contributed by atoms with van der Waals surface area (Å²) >= 11 is 0. The van der Waals surface area contributed by atoms with Gasteiger partial charge in [-0.25, -0.2) is 0 Å². The van der Waals surface area contributed by atoms with E-state index >= 15 is 0 Å². The molecule has 0 aromatic heterocycles. The third-order valence-electron chi connectivity index (χ3n) is 1.95. The van der Waals surface area contributed by atoms with Crippen molar-refractivity contribution in [3.63, 3.8) is 0 Å². The van der Waals surface area contributed by atoms with Crippen LogP contribution in [0.25, 0.3) is 0 Å². The second-order valence-corrected chi connectivity index (χ2v) is 7.10. The molecule has 124 valence electrons. The lowest BCUT2D eigenvalue weighted by Crippen LogP contribution is -2.27. The van der Waals surface area contributed by atoms with Gasteiger partial charge in [0.25, 0.3) is 20.2 Å². The molecule has 0 aliphatic carbocycles. The van der Waals surface area contributed by atoms with Crippen LogP contribution in [0.15, 0.2) is 0 Å². The Morgan fingerprint density at radius 3 is 1.35 bits per heavy atom. The van der Waals surface area contributed by atoms with E-state index in [1.807, 2.05) is 0 Å². The number of unbranched alkanes of at least 4 members (excludes halogenated alkanes) is 2. The summed E-state index contributed by atoms with van der Waals surface area (Å²) in [5, 5.41) is 3.03. The minimum Gasteiger partial charge on any atom is -0.329 e. The summed E-state index contributed by atoms with van der Waals surface area (Å²) in [6.45, 7) is 3.13. The van der Waals surface area contributed by atoms with Crippen LogP contribution < -0.4 is 16.8 Å². The molecule has 0 radical (unpaired) electrons. The maximum atomic E-state index is 10.2. The summed E-state index contributed by atoms with van der Waals surface area (Å²) in [6.07, 6.45) is 0.711. The molecule has 0 aliphatic rings. The molecule has 0 atom stereocenters. The second kappa shape index (κ2) is 12.4. The molecule has 0 saturated heterocycles. The Labute approximate surface area is 120 Å². The number of hydrogen-bond acceptors (Lipinski definition) is 7. The van der Waals surface area contributed by atoms with Gasteiger partial charge in [-0.05, 0) is 12.8 Å². The molecule has 0 heterocycles. The summed E-state index contributed by atoms with van der Waals surface area (Å²) in [4.78, 5) is 0. The van der Waals surface area contributed by atoms with Crippen molar-refractivity contribution < 1.29 is 25.9 Å². The number of rotatable bonds is 10. The summed E-state index contributed by atoms with van der Waals surface area (Å²) in [7, 11) is -7.90. The van der Waals surface area contributed by atoms with Gasteiger partial charge in [-0.1, -0.05) is 6.42 Å². The van der Waals surface area contributed by atoms with Gasteiger partial charge in [-0.15, -0.1) is 0 Å². The molecular formula is C9H25N3O6S2. The van der Waals surface area contributed by atoms with E-state index in [0.29, 0.717) is 19.5 Å². The van der Waals surface area contributed by atoms with Gasteiger partial charge in [0, 0.05) is 26.2 Å². The van der Waals surface area contributed by atoms with Crippen molar-refractivity contribution >= 4 is 20.2 Å². The fraction of sp³-hybridized carbons (Fsp3) is 1.00. The van der Waals surface area contributed by atoms with Gasteiger partial charge in [0.2, 0.25) is 0 Å². The molecule has 0 bridgehead atoms. The first-order valence-electron chi connectivity index (χ1n) is 6.13. The predicted molar refractivity (Wildman–Crippen MR) is 77.7 cm³/mol. The van der Waals surface area contributed by atoms with Gasteiger partial charge in [0.1, 0.15) is 0 Å². The fourth-order valence-electron chi connectivity index (χ4n) is 1.07. The molecule has 0 fully saturated rings. The van der Waals surface area contributed by atoms with Crippen LogP contribution in [0.2, 0.25) is 0 Å². The summed E-state index contributed by atoms with van der Waals surface area (Å²) in [5.74, 6) is -0.753. The van der Waals surface area contributed by atoms with Crippen molar-refractivity contribution in [3.05, 3.63) is 0 Å². The molecule has 11 heteroatoms. The standard InChI is InChI=1S/C5H12O6S2.C4H13N3/c6-12(7,8)4-2-1-3-5-13(9,10)11;5-1-3-7-4-2-6/h1-5H2,(H,6,7,8)(H,9,10,11);7H,1-6H2. The van der Waals surface area contributed by atoms with Crippen molar-refractivity contribution in [3.8, 4) is 0 Å². The van der Waals surface area contributed by atoms with E-state index in [9.17, 15) is 16.8 Å². The highest BCUT2D eigenvalue weighted by molar-refractivity contribution is 7.86. The molecule has 7 N–H and O–H groups in total. The van der Waals surface area contributed by atoms with E-state index < -0.39 is 20.2 Å². The Balaban J connectivity index is 0. The van der Waals surface area contributed by atoms with E-state index in [2.05, 4.69) is 5.32 Å². The monoisotopic (exact) mass is 335 g/mol. The van der Waals surface area contributed by atoms with Crippen LogP contribution in [0.5, 0.6) is 0 Å². The first-order chi connectivity index (χ1) is 9.12. The summed E-state index contributed by atoms with van der Waals surface area (Å²) in [5.41, 5.74) is 10.3. The largest absolute Gasteiger partial charge is 0.329 e. The molecule has 0 aromatic rings. The van der Waals surface area contributed by atoms with Crippen LogP contribution in [0.1, 0.15) is 19.3 Å². The third kappa shape index (κ3) is 26.3. The molecule has 0 aromatic carbocycles. The lowest BCUT2D eigenvalue weighted by molar-refractivity contribution is 0.477. The minimum absolute atomic E-state index is 0.189. The Hall–Kier alpha value is -0.300. The van der Waals surface area contributed by atoms with E-state index in [1.165, 1.54) is 0 Å². The van der Waals surface area contributed by atoms with Gasteiger partial charge in [-0.3, -0.25) is 9.11 Å². The minimum atomic E-state index is -3.95. The van der Waals surface area contributed by atoms with Crippen molar-refractivity contribution in [2.45, 2.75) is 19.3 Å². The first kappa shape index (κ1) is 22.0. The zero-order valence-electron chi connectivity index (χ0n) is 11.4. The maximum absolute atomic E-state index is 10.2. The average molecular weight is 335 g/mol. The quantitative estimate of drug-likeness (QED) is 0.233. The highest BCUT2D eigenvalue weighted by Crippen LogP contribution is 2.00. The SMILES string of the molecule is NCCNCCN.O=S(=O)(O)CCCCCS(=O)(=O)O. The molecule has 0 aliphatic heterocycles. The number of nitrogens with one attached hydrogen (secondary N) is 1. The van der Waals surface area contributed by atoms with Gasteiger partial charge in [0.05, 0.1) is 11.5 Å². The number of hydrogen-bond donors (Lipinski definition) is 5. The maximum Gasteiger partial charge on any atom is 0.264 e. The molecule has 0 saturated carbocycles. The highest BCUT2D eigenvalue weighted by Gasteiger charge is 2.06. The average Bonchev–Trinajstić information content (AvgIpc) is 2.27. The van der Waals surface area contributed by atoms with Gasteiger partial charge < -0.3 is 16.8 Å². The van der Waals surface area contributed by atoms with Crippen LogP contribution in [-0.4, -0.2) is 63.6 Å². The topological polar surface area (TPSA) is 173 Å². The highest BCUT2D eigenvalue weighted by atomic mass is 32.2. The normalized spacial score (nSPS) is 11.8. The summed E-state index contributed by atoms with van der Waals surface area (Å²) in [6, 6.07) is 0. The Kier molecular flexibility index (Phi) is 13.7. The zero-order chi connectivity index (χ0) is 16.1. The van der Waals surface area contributed by atoms with Gasteiger partial charge in [0.15, 0.2) is 0 Å². The van der Waals surface area contributed by atoms with Crippen molar-refractivity contribution in [2.24, 2.45) is 11.5 Å². The van der Waals surface area contributed by atoms with Gasteiger partial charge >= 0.3 is 0 Å². The van der Waals surface area contributed by atoms with Crippen molar-refractivity contribution in [1.82, 2.24) is 5.32 Å². The molecule has 9 nitrogen and oxygen atoms in total. The van der Waals surface area contributed by atoms with Crippen molar-refractivity contribution in [1.29, 1.82) is 0 Å². The van der Waals surface area contributed by atoms with Crippen LogP contribution in [0.4, 0.5) is 0 Å². The molecule has 0 rings (SSSR count). The van der Waals surface area contributed by atoms with E-state index in [-0.39, 0.29) is 24.3 Å². The molecule has 0 amide bonds.